The standard InChI is InChI=1S/C10H10O4.K/c1-7(11)14-9-4-2-3-8(5-9)6-10(12)13;/h2-5H,6H2,1H3,(H,12,13);/q;+1/p-1. The van der Waals surface area contributed by atoms with Crippen molar-refractivity contribution in [3.05, 3.63) is 29.8 Å². The Balaban J connectivity index is 0.00000196. The minimum atomic E-state index is -1.16. The smallest absolute Gasteiger partial charge is 0.550 e. The van der Waals surface area contributed by atoms with Gasteiger partial charge >= 0.3 is 57.4 Å². The molecule has 0 bridgehead atoms. The molecule has 5 heteroatoms. The Bertz CT molecular complexity index is 331. The van der Waals surface area contributed by atoms with E-state index in [-0.39, 0.29) is 57.8 Å². The van der Waals surface area contributed by atoms with Crippen molar-refractivity contribution in [2.45, 2.75) is 13.3 Å². The number of ether oxygens (including phenoxy) is 1. The zero-order valence-corrected chi connectivity index (χ0v) is 11.8. The molecule has 1 aromatic carbocycles. The van der Waals surface area contributed by atoms with E-state index in [0.717, 1.165) is 0 Å². The molecule has 74 valence electrons. The van der Waals surface area contributed by atoms with Crippen molar-refractivity contribution in [2.24, 2.45) is 0 Å². The van der Waals surface area contributed by atoms with Crippen LogP contribution < -0.4 is 61.2 Å². The van der Waals surface area contributed by atoms with Crippen molar-refractivity contribution < 1.29 is 70.8 Å². The molecule has 0 unspecified atom stereocenters. The van der Waals surface area contributed by atoms with Crippen LogP contribution in [0.5, 0.6) is 5.75 Å². The van der Waals surface area contributed by atoms with Gasteiger partial charge in [-0.1, -0.05) is 12.1 Å². The van der Waals surface area contributed by atoms with Crippen LogP contribution in [0.25, 0.3) is 0 Å². The van der Waals surface area contributed by atoms with E-state index >= 15 is 0 Å². The quantitative estimate of drug-likeness (QED) is 0.315. The Labute approximate surface area is 130 Å². The van der Waals surface area contributed by atoms with E-state index in [1.807, 2.05) is 0 Å². The number of carbonyl (C=O) groups is 2. The molecule has 0 heterocycles. The summed E-state index contributed by atoms with van der Waals surface area (Å²) in [4.78, 5) is 20.9. The second kappa shape index (κ2) is 7.13. The Kier molecular flexibility index (Phi) is 7.04. The minimum absolute atomic E-state index is 0. The van der Waals surface area contributed by atoms with Gasteiger partial charge in [-0.05, 0) is 17.7 Å². The summed E-state index contributed by atoms with van der Waals surface area (Å²) in [7, 11) is 0. The average Bonchev–Trinajstić information content (AvgIpc) is 2.01. The first-order valence-corrected chi connectivity index (χ1v) is 4.05. The van der Waals surface area contributed by atoms with Crippen LogP contribution in [0.2, 0.25) is 0 Å². The van der Waals surface area contributed by atoms with Crippen LogP contribution in [0.15, 0.2) is 24.3 Å². The first-order chi connectivity index (χ1) is 6.58. The maximum atomic E-state index is 10.6. The van der Waals surface area contributed by atoms with Gasteiger partial charge in [-0.25, -0.2) is 0 Å². The van der Waals surface area contributed by atoms with Gasteiger partial charge in [-0.2, -0.15) is 0 Å². The minimum Gasteiger partial charge on any atom is -0.550 e. The topological polar surface area (TPSA) is 66.4 Å². The van der Waals surface area contributed by atoms with Gasteiger partial charge in [0.1, 0.15) is 5.75 Å². The molecule has 0 N–H and O–H groups in total. The van der Waals surface area contributed by atoms with E-state index in [4.69, 9.17) is 4.74 Å². The van der Waals surface area contributed by atoms with E-state index in [0.29, 0.717) is 11.3 Å². The van der Waals surface area contributed by atoms with E-state index in [9.17, 15) is 14.7 Å². The number of carboxylic acids is 1. The Morgan fingerprint density at radius 3 is 2.60 bits per heavy atom. The summed E-state index contributed by atoms with van der Waals surface area (Å²) in [6, 6.07) is 6.33. The van der Waals surface area contributed by atoms with Crippen LogP contribution in [-0.2, 0) is 16.0 Å². The molecule has 0 aromatic heterocycles. The summed E-state index contributed by atoms with van der Waals surface area (Å²) in [5.41, 5.74) is 0.545. The zero-order chi connectivity index (χ0) is 10.6. The molecule has 1 rings (SSSR count). The van der Waals surface area contributed by atoms with Crippen LogP contribution in [0.3, 0.4) is 0 Å². The van der Waals surface area contributed by atoms with Crippen LogP contribution in [0.1, 0.15) is 12.5 Å². The van der Waals surface area contributed by atoms with Crippen molar-refractivity contribution in [1.82, 2.24) is 0 Å². The largest absolute Gasteiger partial charge is 1.00 e. The molecule has 0 saturated heterocycles. The van der Waals surface area contributed by atoms with Gasteiger partial charge in [-0.3, -0.25) is 4.79 Å². The summed E-state index contributed by atoms with van der Waals surface area (Å²) in [5, 5.41) is 10.3. The predicted molar refractivity (Wildman–Crippen MR) is 46.5 cm³/mol. The van der Waals surface area contributed by atoms with Gasteiger partial charge in [-0.15, -0.1) is 0 Å². The first kappa shape index (κ1) is 14.8. The molecule has 0 aliphatic heterocycles. The van der Waals surface area contributed by atoms with Gasteiger partial charge in [0, 0.05) is 19.3 Å². The first-order valence-electron chi connectivity index (χ1n) is 4.05. The SMILES string of the molecule is CC(=O)Oc1cccc(CC(=O)[O-])c1.[K+]. The molecular weight excluding hydrogens is 223 g/mol. The summed E-state index contributed by atoms with van der Waals surface area (Å²) in [6.45, 7) is 1.28. The van der Waals surface area contributed by atoms with Gasteiger partial charge in [0.2, 0.25) is 0 Å². The second-order valence-electron chi connectivity index (χ2n) is 2.79. The number of esters is 1. The van der Waals surface area contributed by atoms with Crippen molar-refractivity contribution in [3.8, 4) is 5.75 Å². The Morgan fingerprint density at radius 2 is 2.07 bits per heavy atom. The van der Waals surface area contributed by atoms with Crippen molar-refractivity contribution in [1.29, 1.82) is 0 Å². The molecular formula is C10H9KO4. The van der Waals surface area contributed by atoms with Crippen LogP contribution in [0.4, 0.5) is 0 Å². The fraction of sp³-hybridized carbons (Fsp3) is 0.200. The van der Waals surface area contributed by atoms with Crippen molar-refractivity contribution in [2.75, 3.05) is 0 Å². The Morgan fingerprint density at radius 1 is 1.40 bits per heavy atom. The number of aliphatic carboxylic acids is 1. The number of carbonyl (C=O) groups excluding carboxylic acids is 2. The number of hydrogen-bond donors (Lipinski definition) is 0. The molecule has 0 aliphatic rings. The van der Waals surface area contributed by atoms with Crippen LogP contribution in [-0.4, -0.2) is 11.9 Å². The number of carboxylic acid groups (broad SMARTS) is 1. The number of hydrogen-bond acceptors (Lipinski definition) is 4. The van der Waals surface area contributed by atoms with Crippen molar-refractivity contribution >= 4 is 11.9 Å². The molecule has 4 nitrogen and oxygen atoms in total. The van der Waals surface area contributed by atoms with Gasteiger partial charge in [0.15, 0.2) is 0 Å². The average molecular weight is 232 g/mol. The summed E-state index contributed by atoms with van der Waals surface area (Å²) in [5.74, 6) is -1.25. The molecule has 15 heavy (non-hydrogen) atoms. The van der Waals surface area contributed by atoms with Crippen LogP contribution >= 0.6 is 0 Å². The second-order valence-corrected chi connectivity index (χ2v) is 2.79. The summed E-state index contributed by atoms with van der Waals surface area (Å²) in [6.07, 6.45) is -0.185. The van der Waals surface area contributed by atoms with E-state index < -0.39 is 11.9 Å². The van der Waals surface area contributed by atoms with Gasteiger partial charge < -0.3 is 14.6 Å². The molecule has 0 saturated carbocycles. The zero-order valence-electron chi connectivity index (χ0n) is 8.65. The van der Waals surface area contributed by atoms with E-state index in [1.165, 1.54) is 13.0 Å². The fourth-order valence-electron chi connectivity index (χ4n) is 1.05. The molecule has 0 spiro atoms. The molecule has 0 atom stereocenters. The maximum Gasteiger partial charge on any atom is 1.00 e. The van der Waals surface area contributed by atoms with Gasteiger partial charge in [0.05, 0.1) is 0 Å². The van der Waals surface area contributed by atoms with E-state index in [2.05, 4.69) is 0 Å². The molecule has 0 fully saturated rings. The predicted octanol–water partition coefficient (Wildman–Crippen LogP) is -3.09. The summed E-state index contributed by atoms with van der Waals surface area (Å²) >= 11 is 0. The fourth-order valence-corrected chi connectivity index (χ4v) is 1.05. The molecule has 0 aliphatic carbocycles. The summed E-state index contributed by atoms with van der Waals surface area (Å²) < 4.78 is 4.78. The molecule has 0 radical (unpaired) electrons. The van der Waals surface area contributed by atoms with Crippen LogP contribution in [0, 0.1) is 0 Å². The third kappa shape index (κ3) is 6.06. The monoisotopic (exact) mass is 232 g/mol. The third-order valence-electron chi connectivity index (χ3n) is 1.51. The molecule has 0 amide bonds. The van der Waals surface area contributed by atoms with Gasteiger partial charge in [0.25, 0.3) is 0 Å². The maximum absolute atomic E-state index is 10.6. The van der Waals surface area contributed by atoms with E-state index in [1.54, 1.807) is 18.2 Å². The number of benzene rings is 1. The normalized spacial score (nSPS) is 8.87. The third-order valence-corrected chi connectivity index (χ3v) is 1.51. The number of rotatable bonds is 3. The molecule has 1 aromatic rings. The van der Waals surface area contributed by atoms with Crippen molar-refractivity contribution in [3.63, 3.8) is 0 Å². The Hall–Kier alpha value is -0.204.